The van der Waals surface area contributed by atoms with Crippen molar-refractivity contribution >= 4 is 5.97 Å². The molecule has 0 aromatic carbocycles. The quantitative estimate of drug-likeness (QED) is 0.110. The molecule has 13 N–H and O–H groups in total. The summed E-state index contributed by atoms with van der Waals surface area (Å²) in [6.45, 7) is -2.27. The van der Waals surface area contributed by atoms with Crippen molar-refractivity contribution in [3.8, 4) is 0 Å². The van der Waals surface area contributed by atoms with Gasteiger partial charge in [-0.1, -0.05) is 0 Å². The molecular formula is C23H38O21. The fourth-order valence-electron chi connectivity index (χ4n) is 5.23. The van der Waals surface area contributed by atoms with E-state index in [0.717, 1.165) is 0 Å². The second-order valence-electron chi connectivity index (χ2n) is 10.7. The Morgan fingerprint density at radius 3 is 1.59 bits per heavy atom. The Kier molecular flexibility index (Phi) is 11.8. The summed E-state index contributed by atoms with van der Waals surface area (Å²) in [4.78, 5) is 11.9. The molecule has 4 aliphatic rings. The van der Waals surface area contributed by atoms with Gasteiger partial charge in [-0.2, -0.15) is 0 Å². The van der Waals surface area contributed by atoms with Gasteiger partial charge in [0.25, 0.3) is 0 Å². The van der Waals surface area contributed by atoms with E-state index < -0.39 is 143 Å². The lowest BCUT2D eigenvalue weighted by Crippen LogP contribution is -2.67. The van der Waals surface area contributed by atoms with Gasteiger partial charge < -0.3 is 99.5 Å². The van der Waals surface area contributed by atoms with E-state index in [-0.39, 0.29) is 0 Å². The van der Waals surface area contributed by atoms with E-state index >= 15 is 0 Å². The van der Waals surface area contributed by atoms with Crippen LogP contribution in [0.2, 0.25) is 0 Å². The van der Waals surface area contributed by atoms with Gasteiger partial charge in [0.1, 0.15) is 85.5 Å². The first-order valence-corrected chi connectivity index (χ1v) is 13.5. The van der Waals surface area contributed by atoms with Crippen LogP contribution < -0.4 is 0 Å². The average Bonchev–Trinajstić information content (AvgIpc) is 2.99. The first-order valence-electron chi connectivity index (χ1n) is 13.5. The lowest BCUT2D eigenvalue weighted by molar-refractivity contribution is -0.384. The summed E-state index contributed by atoms with van der Waals surface area (Å²) in [7, 11) is 0. The van der Waals surface area contributed by atoms with E-state index in [4.69, 9.17) is 33.2 Å². The Morgan fingerprint density at radius 1 is 0.568 bits per heavy atom. The number of aliphatic hydroxyl groups is 12. The maximum atomic E-state index is 11.9. The smallest absolute Gasteiger partial charge is 0.335 e. The Hall–Kier alpha value is -1.29. The number of carboxylic acid groups (broad SMARTS) is 1. The molecule has 21 nitrogen and oxygen atoms in total. The van der Waals surface area contributed by atoms with Crippen molar-refractivity contribution in [3.63, 3.8) is 0 Å². The van der Waals surface area contributed by atoms with Crippen molar-refractivity contribution in [1.29, 1.82) is 0 Å². The first kappa shape index (κ1) is 35.6. The minimum absolute atomic E-state index is 0.507. The van der Waals surface area contributed by atoms with E-state index in [2.05, 4.69) is 0 Å². The number of ether oxygens (including phenoxy) is 7. The van der Waals surface area contributed by atoms with E-state index in [0.29, 0.717) is 0 Å². The summed E-state index contributed by atoms with van der Waals surface area (Å²) in [5.41, 5.74) is 0. The molecule has 4 aliphatic heterocycles. The fraction of sp³-hybridized carbons (Fsp3) is 0.957. The fourth-order valence-corrected chi connectivity index (χ4v) is 5.23. The van der Waals surface area contributed by atoms with Crippen molar-refractivity contribution in [2.75, 3.05) is 19.8 Å². The predicted octanol–water partition coefficient (Wildman–Crippen LogP) is -9.02. The van der Waals surface area contributed by atoms with Crippen molar-refractivity contribution < 1.29 is 104 Å². The van der Waals surface area contributed by atoms with Gasteiger partial charge in [-0.05, 0) is 0 Å². The topological polar surface area (TPSA) is 345 Å². The molecule has 0 aromatic heterocycles. The molecule has 4 saturated heterocycles. The minimum atomic E-state index is -2.21. The number of carbonyl (C=O) groups is 1. The Labute approximate surface area is 247 Å². The normalized spacial score (nSPS) is 52.0. The lowest BCUT2D eigenvalue weighted by atomic mass is 9.95. The molecule has 256 valence electrons. The predicted molar refractivity (Wildman–Crippen MR) is 128 cm³/mol. The van der Waals surface area contributed by atoms with Crippen LogP contribution in [0, 0.1) is 0 Å². The van der Waals surface area contributed by atoms with Crippen LogP contribution in [0.3, 0.4) is 0 Å². The SMILES string of the molecule is O=C(O)[C@H]1O[C@H](O[C@@H]2[C@H](O)[C@H](CO)OC(O)[C@H]2O)[C@H](O)[C@@H](O[C@H]2O[C@H](CO)[C@@H](O)[C@H](O[C@@H]3OC[C@@H](O)[C@H](O)[C@H]3O)[C@H]2O)[C@@H]1O. The monoisotopic (exact) mass is 650 g/mol. The van der Waals surface area contributed by atoms with Gasteiger partial charge in [0.2, 0.25) is 0 Å². The van der Waals surface area contributed by atoms with Gasteiger partial charge in [-0.25, -0.2) is 4.79 Å². The van der Waals surface area contributed by atoms with Crippen molar-refractivity contribution in [1.82, 2.24) is 0 Å². The molecule has 19 atom stereocenters. The third-order valence-electron chi connectivity index (χ3n) is 7.78. The van der Waals surface area contributed by atoms with Crippen molar-refractivity contribution in [2.45, 2.75) is 117 Å². The van der Waals surface area contributed by atoms with Crippen molar-refractivity contribution in [3.05, 3.63) is 0 Å². The van der Waals surface area contributed by atoms with Gasteiger partial charge in [0.05, 0.1) is 19.8 Å². The van der Waals surface area contributed by atoms with Gasteiger partial charge >= 0.3 is 5.97 Å². The number of carboxylic acids is 1. The van der Waals surface area contributed by atoms with Gasteiger partial charge in [-0.3, -0.25) is 0 Å². The van der Waals surface area contributed by atoms with Crippen LogP contribution in [0.1, 0.15) is 0 Å². The molecule has 1 unspecified atom stereocenters. The molecule has 0 bridgehead atoms. The molecule has 4 rings (SSSR count). The molecule has 0 aromatic rings. The molecule has 0 saturated carbocycles. The van der Waals surface area contributed by atoms with Crippen LogP contribution in [0.4, 0.5) is 0 Å². The van der Waals surface area contributed by atoms with Crippen LogP contribution >= 0.6 is 0 Å². The third-order valence-corrected chi connectivity index (χ3v) is 7.78. The van der Waals surface area contributed by atoms with Gasteiger partial charge in [0.15, 0.2) is 31.3 Å². The summed E-state index contributed by atoms with van der Waals surface area (Å²) in [5, 5.41) is 132. The molecule has 4 fully saturated rings. The van der Waals surface area contributed by atoms with Crippen LogP contribution in [-0.4, -0.2) is 209 Å². The number of aliphatic hydroxyl groups excluding tert-OH is 12. The number of aliphatic carboxylic acids is 1. The highest BCUT2D eigenvalue weighted by Gasteiger charge is 2.56. The van der Waals surface area contributed by atoms with Crippen molar-refractivity contribution in [2.24, 2.45) is 0 Å². The number of rotatable bonds is 9. The summed E-state index contributed by atoms with van der Waals surface area (Å²) in [5.74, 6) is -1.80. The summed E-state index contributed by atoms with van der Waals surface area (Å²) in [6, 6.07) is 0. The molecular weight excluding hydrogens is 612 g/mol. The summed E-state index contributed by atoms with van der Waals surface area (Å²) < 4.78 is 36.8. The largest absolute Gasteiger partial charge is 0.479 e. The molecule has 0 amide bonds. The van der Waals surface area contributed by atoms with Crippen LogP contribution in [0.5, 0.6) is 0 Å². The molecule has 44 heavy (non-hydrogen) atoms. The second-order valence-corrected chi connectivity index (χ2v) is 10.7. The summed E-state index contributed by atoms with van der Waals surface area (Å²) >= 11 is 0. The standard InChI is InChI=1S/C23H38O21/c24-1-5-8(28)15(12(32)20(37)39-5)42-23-14(34)17(11(31)18(44-23)19(35)36)43-22-13(33)16(9(29)6(2-25)40-22)41-21-10(30)7(27)4(26)3-38-21/h4-18,20-34,37H,1-3H2,(H,35,36)/t4-,5+,6-,7+,8-,9-,10-,11+,12+,13-,14-,15-,16+,17+,18+,20?,21+,22-,23+/m1/s1. The third kappa shape index (κ3) is 7.01. The van der Waals surface area contributed by atoms with Crippen LogP contribution in [0.25, 0.3) is 0 Å². The molecule has 21 heteroatoms. The molecule has 0 aliphatic carbocycles. The Morgan fingerprint density at radius 2 is 1.05 bits per heavy atom. The van der Waals surface area contributed by atoms with E-state index in [9.17, 15) is 71.2 Å². The number of hydrogen-bond acceptors (Lipinski definition) is 20. The minimum Gasteiger partial charge on any atom is -0.479 e. The highest BCUT2D eigenvalue weighted by atomic mass is 16.8. The van der Waals surface area contributed by atoms with Gasteiger partial charge in [0, 0.05) is 0 Å². The number of hydrogen-bond donors (Lipinski definition) is 13. The molecule has 0 spiro atoms. The van der Waals surface area contributed by atoms with Crippen LogP contribution in [0.15, 0.2) is 0 Å². The maximum Gasteiger partial charge on any atom is 0.335 e. The van der Waals surface area contributed by atoms with E-state index in [1.54, 1.807) is 0 Å². The van der Waals surface area contributed by atoms with E-state index in [1.807, 2.05) is 0 Å². The average molecular weight is 651 g/mol. The maximum absolute atomic E-state index is 11.9. The molecule has 4 heterocycles. The lowest BCUT2D eigenvalue weighted by Gasteiger charge is -2.48. The second kappa shape index (κ2) is 14.6. The Bertz CT molecular complexity index is 944. The first-order chi connectivity index (χ1) is 20.7. The van der Waals surface area contributed by atoms with Gasteiger partial charge in [-0.15, -0.1) is 0 Å². The van der Waals surface area contributed by atoms with Crippen LogP contribution in [-0.2, 0) is 38.0 Å². The highest BCUT2D eigenvalue weighted by molar-refractivity contribution is 5.73. The highest BCUT2D eigenvalue weighted by Crippen LogP contribution is 2.34. The Balaban J connectivity index is 1.54. The zero-order chi connectivity index (χ0) is 32.6. The van der Waals surface area contributed by atoms with E-state index in [1.165, 1.54) is 0 Å². The molecule has 0 radical (unpaired) electrons. The zero-order valence-electron chi connectivity index (χ0n) is 22.7. The zero-order valence-corrected chi connectivity index (χ0v) is 22.7. The summed E-state index contributed by atoms with van der Waals surface area (Å²) in [6.07, 6.45) is -36.0.